The van der Waals surface area contributed by atoms with E-state index in [0.29, 0.717) is 5.56 Å². The zero-order chi connectivity index (χ0) is 16.2. The van der Waals surface area contributed by atoms with Gasteiger partial charge in [-0.2, -0.15) is 5.10 Å². The molecular weight excluding hydrogens is 270 g/mol. The van der Waals surface area contributed by atoms with E-state index in [-0.39, 0.29) is 11.8 Å². The number of rotatable bonds is 5. The number of hydrogen-bond donors (Lipinski definition) is 1. The molecule has 6 nitrogen and oxygen atoms in total. The van der Waals surface area contributed by atoms with Crippen LogP contribution >= 0.6 is 0 Å². The maximum absolute atomic E-state index is 12.3. The first kappa shape index (κ1) is 17.2. The minimum atomic E-state index is -0.665. The van der Waals surface area contributed by atoms with Crippen molar-refractivity contribution in [2.75, 3.05) is 0 Å². The van der Waals surface area contributed by atoms with Gasteiger partial charge in [-0.05, 0) is 26.7 Å². The average molecular weight is 295 g/mol. The van der Waals surface area contributed by atoms with Crippen LogP contribution < -0.4 is 5.32 Å². The molecule has 6 heteroatoms. The standard InChI is InChI=1S/C15H25N3O3/c1-7-10(2)12(14(20)21-15(3,4)5)17-13(19)11-8-16-18(6)9-11/h8-10,12H,7H2,1-6H3,(H,17,19)/t10-,12-/m0/s1. The number of esters is 1. The third kappa shape index (κ3) is 5.21. The maximum atomic E-state index is 12.3. The largest absolute Gasteiger partial charge is 0.458 e. The molecule has 118 valence electrons. The molecule has 1 amide bonds. The molecule has 0 bridgehead atoms. The molecule has 1 aromatic heterocycles. The van der Waals surface area contributed by atoms with Gasteiger partial charge in [-0.15, -0.1) is 0 Å². The van der Waals surface area contributed by atoms with Gasteiger partial charge in [0.1, 0.15) is 11.6 Å². The van der Waals surface area contributed by atoms with Gasteiger partial charge in [0, 0.05) is 13.2 Å². The number of aromatic nitrogens is 2. The summed E-state index contributed by atoms with van der Waals surface area (Å²) < 4.78 is 6.93. The molecule has 0 aliphatic carbocycles. The Hall–Kier alpha value is -1.85. The number of hydrogen-bond acceptors (Lipinski definition) is 4. The Balaban J connectivity index is 2.83. The van der Waals surface area contributed by atoms with Crippen LogP contribution in [0.15, 0.2) is 12.4 Å². The van der Waals surface area contributed by atoms with E-state index in [9.17, 15) is 9.59 Å². The zero-order valence-electron chi connectivity index (χ0n) is 13.6. The molecule has 21 heavy (non-hydrogen) atoms. The highest BCUT2D eigenvalue weighted by Gasteiger charge is 2.30. The highest BCUT2D eigenvalue weighted by molar-refractivity contribution is 5.96. The minimum Gasteiger partial charge on any atom is -0.458 e. The smallest absolute Gasteiger partial charge is 0.329 e. The Morgan fingerprint density at radius 1 is 1.43 bits per heavy atom. The predicted octanol–water partition coefficient (Wildman–Crippen LogP) is 1.91. The lowest BCUT2D eigenvalue weighted by atomic mass is 9.98. The lowest BCUT2D eigenvalue weighted by Gasteiger charge is -2.27. The van der Waals surface area contributed by atoms with Gasteiger partial charge < -0.3 is 10.1 Å². The monoisotopic (exact) mass is 295 g/mol. The Morgan fingerprint density at radius 2 is 2.05 bits per heavy atom. The number of aryl methyl sites for hydroxylation is 1. The molecule has 1 N–H and O–H groups in total. The number of carbonyl (C=O) groups is 2. The van der Waals surface area contributed by atoms with E-state index in [1.807, 2.05) is 34.6 Å². The summed E-state index contributed by atoms with van der Waals surface area (Å²) in [6.07, 6.45) is 3.84. The van der Waals surface area contributed by atoms with Crippen LogP contribution in [0.1, 0.15) is 51.4 Å². The van der Waals surface area contributed by atoms with Crippen molar-refractivity contribution < 1.29 is 14.3 Å². The van der Waals surface area contributed by atoms with Crippen molar-refractivity contribution in [3.05, 3.63) is 18.0 Å². The first-order valence-corrected chi connectivity index (χ1v) is 7.16. The van der Waals surface area contributed by atoms with Gasteiger partial charge in [0.25, 0.3) is 5.91 Å². The van der Waals surface area contributed by atoms with E-state index in [2.05, 4.69) is 10.4 Å². The van der Waals surface area contributed by atoms with Crippen molar-refractivity contribution in [3.8, 4) is 0 Å². The zero-order valence-corrected chi connectivity index (χ0v) is 13.6. The Kier molecular flexibility index (Phi) is 5.52. The summed E-state index contributed by atoms with van der Waals surface area (Å²) in [7, 11) is 1.73. The molecule has 0 saturated heterocycles. The van der Waals surface area contributed by atoms with E-state index in [0.717, 1.165) is 6.42 Å². The third-order valence-corrected chi connectivity index (χ3v) is 3.13. The van der Waals surface area contributed by atoms with Gasteiger partial charge in [-0.1, -0.05) is 20.3 Å². The summed E-state index contributed by atoms with van der Waals surface area (Å²) in [6.45, 7) is 9.31. The summed E-state index contributed by atoms with van der Waals surface area (Å²) in [5, 5.41) is 6.71. The Labute approximate surface area is 125 Å². The van der Waals surface area contributed by atoms with Crippen molar-refractivity contribution >= 4 is 11.9 Å². The van der Waals surface area contributed by atoms with Crippen LogP contribution in [0.2, 0.25) is 0 Å². The first-order valence-electron chi connectivity index (χ1n) is 7.16. The molecule has 0 aliphatic rings. The van der Waals surface area contributed by atoms with Crippen LogP contribution in [0.4, 0.5) is 0 Å². The fraction of sp³-hybridized carbons (Fsp3) is 0.667. The van der Waals surface area contributed by atoms with Crippen LogP contribution in [0.5, 0.6) is 0 Å². The molecule has 0 fully saturated rings. The fourth-order valence-electron chi connectivity index (χ4n) is 1.80. The van der Waals surface area contributed by atoms with E-state index in [1.165, 1.54) is 6.20 Å². The number of amides is 1. The van der Waals surface area contributed by atoms with Crippen molar-refractivity contribution in [3.63, 3.8) is 0 Å². The van der Waals surface area contributed by atoms with Gasteiger partial charge in [0.15, 0.2) is 0 Å². The van der Waals surface area contributed by atoms with Crippen LogP contribution in [-0.2, 0) is 16.6 Å². The number of nitrogens with one attached hydrogen (secondary N) is 1. The van der Waals surface area contributed by atoms with Crippen molar-refractivity contribution in [2.45, 2.75) is 52.7 Å². The second-order valence-electron chi connectivity index (χ2n) is 6.27. The normalized spacial score (nSPS) is 14.4. The molecule has 1 aromatic rings. The summed E-state index contributed by atoms with van der Waals surface area (Å²) >= 11 is 0. The molecular formula is C15H25N3O3. The molecule has 0 spiro atoms. The quantitative estimate of drug-likeness (QED) is 0.842. The Bertz CT molecular complexity index is 503. The van der Waals surface area contributed by atoms with E-state index in [4.69, 9.17) is 4.74 Å². The van der Waals surface area contributed by atoms with Crippen molar-refractivity contribution in [1.82, 2.24) is 15.1 Å². The topological polar surface area (TPSA) is 73.2 Å². The van der Waals surface area contributed by atoms with Gasteiger partial charge in [-0.3, -0.25) is 9.48 Å². The molecule has 1 rings (SSSR count). The SMILES string of the molecule is CC[C@H](C)[C@H](NC(=O)c1cnn(C)c1)C(=O)OC(C)(C)C. The average Bonchev–Trinajstić information content (AvgIpc) is 2.79. The van der Waals surface area contributed by atoms with Crippen LogP contribution in [0.25, 0.3) is 0 Å². The van der Waals surface area contributed by atoms with Crippen LogP contribution in [0, 0.1) is 5.92 Å². The van der Waals surface area contributed by atoms with Crippen LogP contribution in [-0.4, -0.2) is 33.3 Å². The molecule has 0 unspecified atom stereocenters. The van der Waals surface area contributed by atoms with Gasteiger partial charge in [0.2, 0.25) is 0 Å². The van der Waals surface area contributed by atoms with E-state index < -0.39 is 17.6 Å². The Morgan fingerprint density at radius 3 is 2.48 bits per heavy atom. The van der Waals surface area contributed by atoms with E-state index in [1.54, 1.807) is 17.9 Å². The highest BCUT2D eigenvalue weighted by Crippen LogP contribution is 2.15. The maximum Gasteiger partial charge on any atom is 0.329 e. The second-order valence-corrected chi connectivity index (χ2v) is 6.27. The van der Waals surface area contributed by atoms with Gasteiger partial charge in [0.05, 0.1) is 11.8 Å². The molecule has 1 heterocycles. The van der Waals surface area contributed by atoms with Gasteiger partial charge >= 0.3 is 5.97 Å². The number of ether oxygens (including phenoxy) is 1. The van der Waals surface area contributed by atoms with E-state index >= 15 is 0 Å². The fourth-order valence-corrected chi connectivity index (χ4v) is 1.80. The highest BCUT2D eigenvalue weighted by atomic mass is 16.6. The molecule has 0 aliphatic heterocycles. The third-order valence-electron chi connectivity index (χ3n) is 3.13. The number of carbonyl (C=O) groups excluding carboxylic acids is 2. The summed E-state index contributed by atoms with van der Waals surface area (Å²) in [5.74, 6) is -0.742. The summed E-state index contributed by atoms with van der Waals surface area (Å²) in [5.41, 5.74) is -0.156. The predicted molar refractivity (Wildman–Crippen MR) is 79.8 cm³/mol. The molecule has 0 radical (unpaired) electrons. The lowest BCUT2D eigenvalue weighted by Crippen LogP contribution is -2.47. The first-order chi connectivity index (χ1) is 9.64. The molecule has 2 atom stereocenters. The van der Waals surface area contributed by atoms with Crippen LogP contribution in [0.3, 0.4) is 0 Å². The molecule has 0 aromatic carbocycles. The molecule has 0 saturated carbocycles. The minimum absolute atomic E-state index is 0.0135. The number of nitrogens with zero attached hydrogens (tertiary/aromatic N) is 2. The lowest BCUT2D eigenvalue weighted by molar-refractivity contribution is -0.158. The second kappa shape index (κ2) is 6.74. The summed E-state index contributed by atoms with van der Waals surface area (Å²) in [4.78, 5) is 24.5. The van der Waals surface area contributed by atoms with Crippen molar-refractivity contribution in [2.24, 2.45) is 13.0 Å². The summed E-state index contributed by atoms with van der Waals surface area (Å²) in [6, 6.07) is -0.665. The van der Waals surface area contributed by atoms with Gasteiger partial charge in [-0.25, -0.2) is 4.79 Å². The van der Waals surface area contributed by atoms with Crippen molar-refractivity contribution in [1.29, 1.82) is 0 Å².